The van der Waals surface area contributed by atoms with Crippen molar-refractivity contribution in [2.24, 2.45) is 0 Å². The maximum Gasteiger partial charge on any atom is 0.261 e. The first kappa shape index (κ1) is 21.3. The van der Waals surface area contributed by atoms with E-state index in [0.29, 0.717) is 23.2 Å². The zero-order chi connectivity index (χ0) is 23.5. The van der Waals surface area contributed by atoms with Gasteiger partial charge < -0.3 is 5.32 Å². The molecule has 0 fully saturated rings. The highest BCUT2D eigenvalue weighted by Gasteiger charge is 2.36. The normalized spacial score (nSPS) is 12.5. The summed E-state index contributed by atoms with van der Waals surface area (Å²) in [7, 11) is 0. The number of anilines is 1. The second-order valence-corrected chi connectivity index (χ2v) is 8.09. The highest BCUT2D eigenvalue weighted by atomic mass is 16.2. The van der Waals surface area contributed by atoms with E-state index in [9.17, 15) is 14.4 Å². The van der Waals surface area contributed by atoms with Crippen LogP contribution in [0.25, 0.3) is 0 Å². The van der Waals surface area contributed by atoms with Crippen molar-refractivity contribution in [3.63, 3.8) is 0 Å². The molecule has 0 bridgehead atoms. The average Bonchev–Trinajstić information content (AvgIpc) is 3.11. The fraction of sp³-hybridized carbons (Fsp3) is 0.0714. The second-order valence-electron chi connectivity index (χ2n) is 8.09. The monoisotopic (exact) mass is 447 g/mol. The van der Waals surface area contributed by atoms with Crippen LogP contribution < -0.4 is 5.32 Å². The van der Waals surface area contributed by atoms with Crippen LogP contribution in [-0.2, 0) is 13.0 Å². The highest BCUT2D eigenvalue weighted by molar-refractivity contribution is 6.22. The number of carbonyl (C=O) groups excluding carboxylic acids is 3. The molecule has 34 heavy (non-hydrogen) atoms. The number of benzene rings is 3. The van der Waals surface area contributed by atoms with Crippen molar-refractivity contribution in [1.29, 1.82) is 0 Å². The second kappa shape index (κ2) is 9.11. The molecule has 1 N–H and O–H groups in total. The van der Waals surface area contributed by atoms with Crippen LogP contribution in [0, 0.1) is 0 Å². The van der Waals surface area contributed by atoms with Gasteiger partial charge in [0.05, 0.1) is 17.7 Å². The molecule has 6 nitrogen and oxygen atoms in total. The van der Waals surface area contributed by atoms with Crippen LogP contribution in [0.3, 0.4) is 0 Å². The minimum absolute atomic E-state index is 0.156. The summed E-state index contributed by atoms with van der Waals surface area (Å²) in [5.74, 6) is -1.11. The number of rotatable bonds is 6. The van der Waals surface area contributed by atoms with E-state index in [4.69, 9.17) is 0 Å². The zero-order valence-electron chi connectivity index (χ0n) is 18.3. The molecular weight excluding hydrogens is 426 g/mol. The molecule has 2 heterocycles. The van der Waals surface area contributed by atoms with Crippen LogP contribution >= 0.6 is 0 Å². The van der Waals surface area contributed by atoms with E-state index in [0.717, 1.165) is 16.7 Å². The van der Waals surface area contributed by atoms with E-state index >= 15 is 0 Å². The number of fused-ring (bicyclic) bond motifs is 1. The molecule has 0 radical (unpaired) electrons. The van der Waals surface area contributed by atoms with Crippen molar-refractivity contribution in [2.45, 2.75) is 13.0 Å². The maximum absolute atomic E-state index is 13.1. The van der Waals surface area contributed by atoms with Gasteiger partial charge in [-0.05, 0) is 59.5 Å². The van der Waals surface area contributed by atoms with Crippen LogP contribution in [0.4, 0.5) is 5.69 Å². The number of nitrogens with zero attached hydrogens (tertiary/aromatic N) is 2. The summed E-state index contributed by atoms with van der Waals surface area (Å²) in [6.07, 6.45) is 3.91. The van der Waals surface area contributed by atoms with Gasteiger partial charge in [-0.3, -0.25) is 24.3 Å². The van der Waals surface area contributed by atoms with E-state index in [-0.39, 0.29) is 23.9 Å². The van der Waals surface area contributed by atoms with Crippen LogP contribution in [0.15, 0.2) is 97.3 Å². The minimum Gasteiger partial charge on any atom is -0.322 e. The summed E-state index contributed by atoms with van der Waals surface area (Å²) in [6.45, 7) is 0.156. The van der Waals surface area contributed by atoms with Gasteiger partial charge in [-0.15, -0.1) is 0 Å². The summed E-state index contributed by atoms with van der Waals surface area (Å²) < 4.78 is 0. The van der Waals surface area contributed by atoms with Crippen molar-refractivity contribution < 1.29 is 14.4 Å². The van der Waals surface area contributed by atoms with E-state index in [1.165, 1.54) is 11.0 Å². The first-order valence-electron chi connectivity index (χ1n) is 10.9. The molecule has 0 atom stereocenters. The molecule has 1 aliphatic heterocycles. The molecule has 6 heteroatoms. The molecule has 166 valence electrons. The number of para-hydroxylation sites is 1. The zero-order valence-corrected chi connectivity index (χ0v) is 18.3. The standard InChI is InChI=1S/C28H21N3O3/c32-26(30-25-9-5-4-8-21(25)16-19-6-2-1-3-7-19)22-10-11-23-24(17-22)28(34)31(27(23)33)18-20-12-14-29-15-13-20/h1-15,17H,16,18H2,(H,30,32). The summed E-state index contributed by atoms with van der Waals surface area (Å²) >= 11 is 0. The number of carbonyl (C=O) groups is 3. The molecule has 0 unspecified atom stereocenters. The van der Waals surface area contributed by atoms with E-state index in [1.807, 2.05) is 54.6 Å². The van der Waals surface area contributed by atoms with E-state index < -0.39 is 5.91 Å². The lowest BCUT2D eigenvalue weighted by molar-refractivity contribution is 0.0642. The Balaban J connectivity index is 1.36. The highest BCUT2D eigenvalue weighted by Crippen LogP contribution is 2.26. The molecular formula is C28H21N3O3. The number of nitrogens with one attached hydrogen (secondary N) is 1. The number of pyridine rings is 1. The third-order valence-corrected chi connectivity index (χ3v) is 5.83. The van der Waals surface area contributed by atoms with Crippen LogP contribution in [0.1, 0.15) is 47.8 Å². The number of imide groups is 1. The Kier molecular flexibility index (Phi) is 5.70. The summed E-state index contributed by atoms with van der Waals surface area (Å²) in [5.41, 5.74) is 4.50. The predicted molar refractivity (Wildman–Crippen MR) is 129 cm³/mol. The van der Waals surface area contributed by atoms with Gasteiger partial charge in [0.25, 0.3) is 17.7 Å². The molecule has 0 aliphatic carbocycles. The van der Waals surface area contributed by atoms with Gasteiger partial charge in [-0.2, -0.15) is 0 Å². The SMILES string of the molecule is O=C(Nc1ccccc1Cc1ccccc1)c1ccc2c(c1)C(=O)N(Cc1ccncc1)C2=O. The van der Waals surface area contributed by atoms with Gasteiger partial charge in [-0.1, -0.05) is 48.5 Å². The van der Waals surface area contributed by atoms with Crippen molar-refractivity contribution in [2.75, 3.05) is 5.32 Å². The first-order valence-corrected chi connectivity index (χ1v) is 10.9. The lowest BCUT2D eigenvalue weighted by Crippen LogP contribution is -2.29. The lowest BCUT2D eigenvalue weighted by atomic mass is 10.0. The van der Waals surface area contributed by atoms with Gasteiger partial charge in [0, 0.05) is 23.6 Å². The smallest absolute Gasteiger partial charge is 0.261 e. The van der Waals surface area contributed by atoms with Crippen LogP contribution in [0.5, 0.6) is 0 Å². The Labute approximate surface area is 196 Å². The number of hydrogen-bond acceptors (Lipinski definition) is 4. The molecule has 1 aliphatic rings. The Morgan fingerprint density at radius 2 is 1.47 bits per heavy atom. The Morgan fingerprint density at radius 3 is 2.26 bits per heavy atom. The number of hydrogen-bond donors (Lipinski definition) is 1. The largest absolute Gasteiger partial charge is 0.322 e. The van der Waals surface area contributed by atoms with Crippen LogP contribution in [0.2, 0.25) is 0 Å². The molecule has 3 amide bonds. The summed E-state index contributed by atoms with van der Waals surface area (Å²) in [6, 6.07) is 25.8. The van der Waals surface area contributed by atoms with E-state index in [1.54, 1.807) is 36.7 Å². The molecule has 5 rings (SSSR count). The average molecular weight is 447 g/mol. The van der Waals surface area contributed by atoms with Crippen LogP contribution in [-0.4, -0.2) is 27.6 Å². The number of amides is 3. The lowest BCUT2D eigenvalue weighted by Gasteiger charge is -2.13. The van der Waals surface area contributed by atoms with Crippen molar-refractivity contribution >= 4 is 23.4 Å². The molecule has 1 aromatic heterocycles. The Bertz CT molecular complexity index is 1380. The molecule has 4 aromatic rings. The Morgan fingerprint density at radius 1 is 0.765 bits per heavy atom. The summed E-state index contributed by atoms with van der Waals surface area (Å²) in [4.78, 5) is 44.0. The van der Waals surface area contributed by atoms with Gasteiger partial charge >= 0.3 is 0 Å². The van der Waals surface area contributed by atoms with Gasteiger partial charge in [-0.25, -0.2) is 0 Å². The van der Waals surface area contributed by atoms with Gasteiger partial charge in [0.2, 0.25) is 0 Å². The molecule has 0 spiro atoms. The van der Waals surface area contributed by atoms with Crippen molar-refractivity contribution in [1.82, 2.24) is 9.88 Å². The third-order valence-electron chi connectivity index (χ3n) is 5.83. The molecule has 0 saturated carbocycles. The van der Waals surface area contributed by atoms with Gasteiger partial charge in [0.1, 0.15) is 0 Å². The number of aromatic nitrogens is 1. The maximum atomic E-state index is 13.1. The minimum atomic E-state index is -0.407. The quantitative estimate of drug-likeness (QED) is 0.434. The Hall–Kier alpha value is -4.58. The van der Waals surface area contributed by atoms with Crippen molar-refractivity contribution in [3.8, 4) is 0 Å². The molecule has 3 aromatic carbocycles. The first-order chi connectivity index (χ1) is 16.6. The predicted octanol–water partition coefficient (Wildman–Crippen LogP) is 4.72. The third kappa shape index (κ3) is 4.21. The van der Waals surface area contributed by atoms with Gasteiger partial charge in [0.15, 0.2) is 0 Å². The topological polar surface area (TPSA) is 79.4 Å². The van der Waals surface area contributed by atoms with E-state index in [2.05, 4.69) is 10.3 Å². The fourth-order valence-corrected chi connectivity index (χ4v) is 4.05. The molecule has 0 saturated heterocycles. The fourth-order valence-electron chi connectivity index (χ4n) is 4.05. The van der Waals surface area contributed by atoms with Crippen molar-refractivity contribution in [3.05, 3.63) is 131 Å². The summed E-state index contributed by atoms with van der Waals surface area (Å²) in [5, 5.41) is 2.96.